The Morgan fingerprint density at radius 2 is 1.83 bits per heavy atom. The maximum atomic E-state index is 12.7. The zero-order valence-corrected chi connectivity index (χ0v) is 18.7. The highest BCUT2D eigenvalue weighted by molar-refractivity contribution is 7.21. The van der Waals surface area contributed by atoms with Crippen molar-refractivity contribution in [2.75, 3.05) is 13.1 Å². The van der Waals surface area contributed by atoms with Crippen LogP contribution < -0.4 is 4.74 Å². The van der Waals surface area contributed by atoms with E-state index in [0.717, 1.165) is 25.9 Å². The molecule has 0 spiro atoms. The fourth-order valence-electron chi connectivity index (χ4n) is 3.04. The van der Waals surface area contributed by atoms with Crippen LogP contribution in [0, 0.1) is 10.1 Å². The van der Waals surface area contributed by atoms with Crippen molar-refractivity contribution in [1.29, 1.82) is 0 Å². The van der Waals surface area contributed by atoms with Crippen molar-refractivity contribution in [1.82, 2.24) is 9.88 Å². The van der Waals surface area contributed by atoms with E-state index in [4.69, 9.17) is 27.9 Å². The lowest BCUT2D eigenvalue weighted by Gasteiger charge is -2.13. The highest BCUT2D eigenvalue weighted by atomic mass is 35.5. The lowest BCUT2D eigenvalue weighted by atomic mass is 10.3. The number of hydrogen-bond acceptors (Lipinski definition) is 6. The van der Waals surface area contributed by atoms with Crippen LogP contribution in [-0.2, 0) is 0 Å². The van der Waals surface area contributed by atoms with Crippen molar-refractivity contribution < 1.29 is 14.5 Å². The number of carbonyl (C=O) groups excluding carboxylic acids is 1. The van der Waals surface area contributed by atoms with E-state index in [1.54, 1.807) is 18.3 Å². The molecule has 0 radical (unpaired) electrons. The molecule has 0 saturated carbocycles. The van der Waals surface area contributed by atoms with E-state index in [1.807, 2.05) is 18.7 Å². The number of hydrogen-bond donors (Lipinski definition) is 0. The number of aromatic nitrogens is 1. The summed E-state index contributed by atoms with van der Waals surface area (Å²) < 4.78 is 6.54. The first kappa shape index (κ1) is 22.3. The standard InChI is InChI=1S/C18H13Cl2N3O4S.C2H6/c19-11-7-10(23(25)26)8-12(20)16(11)27-14-3-4-21-13-9-15(28-17(13)14)18(24)22-5-1-2-6-22;1-2/h3-4,7-9H,1-2,5-6H2;1-2H3. The number of likely N-dealkylation sites (tertiary alicyclic amines) is 1. The Kier molecular flexibility index (Phi) is 7.12. The van der Waals surface area contributed by atoms with Gasteiger partial charge in [0.15, 0.2) is 5.75 Å². The number of nitro benzene ring substituents is 1. The average Bonchev–Trinajstić information content (AvgIpc) is 3.41. The van der Waals surface area contributed by atoms with E-state index in [-0.39, 0.29) is 27.4 Å². The molecule has 0 atom stereocenters. The first-order valence-electron chi connectivity index (χ1n) is 9.43. The highest BCUT2D eigenvalue weighted by Gasteiger charge is 2.23. The van der Waals surface area contributed by atoms with Crippen LogP contribution in [-0.4, -0.2) is 33.8 Å². The summed E-state index contributed by atoms with van der Waals surface area (Å²) in [5.74, 6) is 0.522. The monoisotopic (exact) mass is 467 g/mol. The molecule has 0 aliphatic carbocycles. The van der Waals surface area contributed by atoms with Gasteiger partial charge in [0.05, 0.1) is 30.1 Å². The number of pyridine rings is 1. The van der Waals surface area contributed by atoms with E-state index in [1.165, 1.54) is 23.5 Å². The van der Waals surface area contributed by atoms with E-state index >= 15 is 0 Å². The highest BCUT2D eigenvalue weighted by Crippen LogP contribution is 2.42. The zero-order valence-electron chi connectivity index (χ0n) is 16.4. The third kappa shape index (κ3) is 4.50. The molecule has 0 N–H and O–H groups in total. The number of halogens is 2. The number of rotatable bonds is 4. The summed E-state index contributed by atoms with van der Waals surface area (Å²) in [6.45, 7) is 5.52. The normalized spacial score (nSPS) is 13.1. The molecule has 30 heavy (non-hydrogen) atoms. The quantitative estimate of drug-likeness (QED) is 0.320. The average molecular weight is 468 g/mol. The summed E-state index contributed by atoms with van der Waals surface area (Å²) in [6.07, 6.45) is 3.59. The molecule has 3 aromatic rings. The Morgan fingerprint density at radius 3 is 2.43 bits per heavy atom. The van der Waals surface area contributed by atoms with Gasteiger partial charge in [-0.2, -0.15) is 0 Å². The number of benzene rings is 1. The topological polar surface area (TPSA) is 85.6 Å². The Labute approximate surface area is 187 Å². The third-order valence-electron chi connectivity index (χ3n) is 4.39. The first-order valence-corrected chi connectivity index (χ1v) is 11.0. The van der Waals surface area contributed by atoms with Crippen molar-refractivity contribution in [2.24, 2.45) is 0 Å². The molecule has 2 aromatic heterocycles. The van der Waals surface area contributed by atoms with Gasteiger partial charge in [0.2, 0.25) is 0 Å². The zero-order chi connectivity index (χ0) is 21.8. The Balaban J connectivity index is 0.00000124. The molecule has 158 valence electrons. The molecule has 4 rings (SSSR count). The van der Waals surface area contributed by atoms with Crippen molar-refractivity contribution in [3.05, 3.63) is 55.5 Å². The van der Waals surface area contributed by atoms with E-state index in [9.17, 15) is 14.9 Å². The van der Waals surface area contributed by atoms with Gasteiger partial charge in [0.1, 0.15) is 5.75 Å². The molecule has 10 heteroatoms. The summed E-state index contributed by atoms with van der Waals surface area (Å²) in [5.41, 5.74) is 0.399. The SMILES string of the molecule is CC.O=C(c1cc2nccc(Oc3c(Cl)cc([N+](=O)[O-])cc3Cl)c2s1)N1CCCC1. The first-order chi connectivity index (χ1) is 14.4. The lowest BCUT2D eigenvalue weighted by molar-refractivity contribution is -0.384. The van der Waals surface area contributed by atoms with Crippen molar-refractivity contribution in [2.45, 2.75) is 26.7 Å². The third-order valence-corrected chi connectivity index (χ3v) is 6.07. The van der Waals surface area contributed by atoms with Crippen LogP contribution >= 0.6 is 34.5 Å². The van der Waals surface area contributed by atoms with Crippen LogP contribution in [0.25, 0.3) is 10.2 Å². The van der Waals surface area contributed by atoms with Crippen LogP contribution in [0.15, 0.2) is 30.5 Å². The van der Waals surface area contributed by atoms with E-state index in [2.05, 4.69) is 4.98 Å². The van der Waals surface area contributed by atoms with E-state index in [0.29, 0.717) is 20.8 Å². The smallest absolute Gasteiger partial charge is 0.272 e. The van der Waals surface area contributed by atoms with Gasteiger partial charge in [0.25, 0.3) is 11.6 Å². The molecule has 7 nitrogen and oxygen atoms in total. The van der Waals surface area contributed by atoms with Gasteiger partial charge in [-0.25, -0.2) is 0 Å². The van der Waals surface area contributed by atoms with Gasteiger partial charge < -0.3 is 9.64 Å². The minimum absolute atomic E-state index is 0.0159. The Hall–Kier alpha value is -2.42. The van der Waals surface area contributed by atoms with Crippen molar-refractivity contribution in [3.8, 4) is 11.5 Å². The Morgan fingerprint density at radius 1 is 1.20 bits per heavy atom. The Bertz CT molecular complexity index is 1070. The number of thiophene rings is 1. The predicted octanol–water partition coefficient (Wildman–Crippen LogP) is 6.57. The summed E-state index contributed by atoms with van der Waals surface area (Å²) in [6, 6.07) is 5.74. The molecular weight excluding hydrogens is 449 g/mol. The van der Waals surface area contributed by atoms with Gasteiger partial charge in [-0.1, -0.05) is 37.0 Å². The molecule has 0 unspecified atom stereocenters. The lowest BCUT2D eigenvalue weighted by Crippen LogP contribution is -2.26. The summed E-state index contributed by atoms with van der Waals surface area (Å²) in [4.78, 5) is 29.7. The molecule has 1 fully saturated rings. The summed E-state index contributed by atoms with van der Waals surface area (Å²) in [5, 5.41) is 11.0. The fraction of sp³-hybridized carbons (Fsp3) is 0.300. The number of nitro groups is 1. The molecule has 1 aliphatic rings. The minimum atomic E-state index is -0.582. The molecule has 1 saturated heterocycles. The molecule has 0 bridgehead atoms. The van der Waals surface area contributed by atoms with Crippen LogP contribution in [0.3, 0.4) is 0 Å². The van der Waals surface area contributed by atoms with Crippen LogP contribution in [0.5, 0.6) is 11.5 Å². The summed E-state index contributed by atoms with van der Waals surface area (Å²) >= 11 is 13.6. The summed E-state index contributed by atoms with van der Waals surface area (Å²) in [7, 11) is 0. The largest absolute Gasteiger partial charge is 0.453 e. The molecular formula is C20H19Cl2N3O4S. The number of ether oxygens (including phenoxy) is 1. The number of carbonyl (C=O) groups is 1. The van der Waals surface area contributed by atoms with E-state index < -0.39 is 4.92 Å². The molecule has 1 aliphatic heterocycles. The maximum absolute atomic E-state index is 12.7. The van der Waals surface area contributed by atoms with Gasteiger partial charge in [-0.05, 0) is 18.9 Å². The van der Waals surface area contributed by atoms with Gasteiger partial charge >= 0.3 is 0 Å². The number of amides is 1. The number of fused-ring (bicyclic) bond motifs is 1. The molecule has 3 heterocycles. The number of nitrogens with zero attached hydrogens (tertiary/aromatic N) is 3. The predicted molar refractivity (Wildman–Crippen MR) is 119 cm³/mol. The second-order valence-corrected chi connectivity index (χ2v) is 8.10. The van der Waals surface area contributed by atoms with Gasteiger partial charge in [0, 0.05) is 37.5 Å². The van der Waals surface area contributed by atoms with Gasteiger partial charge in [-0.3, -0.25) is 19.9 Å². The van der Waals surface area contributed by atoms with Crippen LogP contribution in [0.2, 0.25) is 10.0 Å². The van der Waals surface area contributed by atoms with Crippen molar-refractivity contribution in [3.63, 3.8) is 0 Å². The molecule has 1 aromatic carbocycles. The van der Waals surface area contributed by atoms with Gasteiger partial charge in [-0.15, -0.1) is 11.3 Å². The second-order valence-electron chi connectivity index (χ2n) is 6.23. The minimum Gasteiger partial charge on any atom is -0.453 e. The van der Waals surface area contributed by atoms with Crippen LogP contribution in [0.1, 0.15) is 36.4 Å². The number of non-ortho nitro benzene ring substituents is 1. The van der Waals surface area contributed by atoms with Crippen molar-refractivity contribution >= 4 is 56.3 Å². The molecule has 1 amide bonds. The fourth-order valence-corrected chi connectivity index (χ4v) is 4.62. The van der Waals surface area contributed by atoms with Crippen LogP contribution in [0.4, 0.5) is 5.69 Å². The maximum Gasteiger partial charge on any atom is 0.272 e. The second kappa shape index (κ2) is 9.59.